The lowest BCUT2D eigenvalue weighted by Crippen LogP contribution is -2.41. The molecule has 1 aliphatic rings. The predicted molar refractivity (Wildman–Crippen MR) is 174 cm³/mol. The van der Waals surface area contributed by atoms with Crippen molar-refractivity contribution in [1.29, 1.82) is 0 Å². The van der Waals surface area contributed by atoms with Crippen LogP contribution in [0.2, 0.25) is 0 Å². The lowest BCUT2D eigenvalue weighted by atomic mass is 10.0. The summed E-state index contributed by atoms with van der Waals surface area (Å²) in [4.78, 5) is 38.8. The molecule has 10 nitrogen and oxygen atoms in total. The number of likely N-dealkylation sites (tertiary alicyclic amines) is 1. The fourth-order valence-electron chi connectivity index (χ4n) is 5.13. The minimum atomic E-state index is -0.747. The number of rotatable bonds is 12. The Morgan fingerprint density at radius 1 is 0.702 bits per heavy atom. The molecule has 5 rings (SSSR count). The second-order valence-electron chi connectivity index (χ2n) is 10.8. The fraction of sp³-hybridized carbons (Fsp3) is 0.270. The van der Waals surface area contributed by atoms with Crippen LogP contribution in [-0.2, 0) is 20.8 Å². The van der Waals surface area contributed by atoms with Crippen molar-refractivity contribution >= 4 is 18.0 Å². The maximum atomic E-state index is 13.5. The highest BCUT2D eigenvalue weighted by Gasteiger charge is 2.28. The molecule has 1 saturated heterocycles. The minimum absolute atomic E-state index is 0.157. The summed E-state index contributed by atoms with van der Waals surface area (Å²) in [5, 5.41) is 0. The summed E-state index contributed by atoms with van der Waals surface area (Å²) in [5.74, 6) is 0.816. The van der Waals surface area contributed by atoms with E-state index in [1.165, 1.54) is 25.8 Å². The highest BCUT2D eigenvalue weighted by Crippen LogP contribution is 2.26. The van der Waals surface area contributed by atoms with Gasteiger partial charge in [0.15, 0.2) is 0 Å². The molecule has 0 N–H and O–H groups in total. The number of piperidine rings is 1. The molecule has 244 valence electrons. The molecule has 1 heterocycles. The van der Waals surface area contributed by atoms with Crippen molar-refractivity contribution in [1.82, 2.24) is 4.90 Å². The molecular weight excluding hydrogens is 602 g/mol. The molecular formula is C37H37NO9. The highest BCUT2D eigenvalue weighted by molar-refractivity contribution is 6.00. The van der Waals surface area contributed by atoms with Crippen LogP contribution in [0, 0.1) is 0 Å². The molecule has 1 aliphatic heterocycles. The quantitative estimate of drug-likeness (QED) is 0.126. The van der Waals surface area contributed by atoms with E-state index in [4.69, 9.17) is 23.7 Å². The van der Waals surface area contributed by atoms with Crippen LogP contribution in [0.5, 0.6) is 17.2 Å². The number of methoxy groups -OCH3 is 2. The molecule has 0 atom stereocenters. The van der Waals surface area contributed by atoms with E-state index < -0.39 is 12.1 Å². The molecule has 0 unspecified atom stereocenters. The third-order valence-corrected chi connectivity index (χ3v) is 7.69. The number of carbonyl (C=O) groups excluding carboxylic acids is 3. The second-order valence-corrected chi connectivity index (χ2v) is 10.8. The summed E-state index contributed by atoms with van der Waals surface area (Å²) in [6.07, 6.45) is -0.150. The second kappa shape index (κ2) is 16.2. The number of ether oxygens (including phenoxy) is 6. The first-order chi connectivity index (χ1) is 22.9. The first kappa shape index (κ1) is 32.9. The van der Waals surface area contributed by atoms with Crippen LogP contribution in [0.25, 0.3) is 11.1 Å². The zero-order chi connectivity index (χ0) is 33.0. The normalized spacial score (nSPS) is 12.9. The van der Waals surface area contributed by atoms with Gasteiger partial charge in [0.05, 0.1) is 25.3 Å². The van der Waals surface area contributed by atoms with Gasteiger partial charge in [-0.2, -0.15) is 0 Å². The summed E-state index contributed by atoms with van der Waals surface area (Å²) in [7, 11) is 2.53. The largest absolute Gasteiger partial charge is 0.508 e. The smallest absolute Gasteiger partial charge is 0.490 e. The maximum Gasteiger partial charge on any atom is 0.508 e. The molecule has 0 radical (unpaired) electrons. The van der Waals surface area contributed by atoms with Crippen LogP contribution < -0.4 is 14.2 Å². The Morgan fingerprint density at radius 2 is 1.34 bits per heavy atom. The van der Waals surface area contributed by atoms with E-state index in [1.807, 2.05) is 42.5 Å². The third kappa shape index (κ3) is 9.03. The van der Waals surface area contributed by atoms with E-state index in [0.717, 1.165) is 16.9 Å². The van der Waals surface area contributed by atoms with Crippen LogP contribution in [0.1, 0.15) is 39.1 Å². The minimum Gasteiger partial charge on any atom is -0.490 e. The standard InChI is InChI=1S/C37H37NO9/c1-42-36(40)29-12-17-34(33(24-29)35(39)38-20-18-32(19-21-38)47-37(41)43-2)45-23-22-44-30-13-15-31(16-14-30)46-25-26-8-10-28(11-9-26)27-6-4-3-5-7-27/h3-17,24,32H,18-23,25H2,1-2H3. The molecule has 4 aromatic rings. The number of esters is 1. The topological polar surface area (TPSA) is 110 Å². The molecule has 4 aromatic carbocycles. The molecule has 0 saturated carbocycles. The van der Waals surface area contributed by atoms with Gasteiger partial charge in [-0.05, 0) is 59.2 Å². The van der Waals surface area contributed by atoms with Crippen molar-refractivity contribution in [3.63, 3.8) is 0 Å². The lowest BCUT2D eigenvalue weighted by molar-refractivity contribution is 0.0105. The van der Waals surface area contributed by atoms with E-state index in [9.17, 15) is 14.4 Å². The zero-order valence-corrected chi connectivity index (χ0v) is 26.4. The van der Waals surface area contributed by atoms with Gasteiger partial charge in [0.2, 0.25) is 0 Å². The summed E-state index contributed by atoms with van der Waals surface area (Å²) >= 11 is 0. The molecule has 0 bridgehead atoms. The number of benzene rings is 4. The molecule has 0 spiro atoms. The van der Waals surface area contributed by atoms with Crippen LogP contribution in [0.15, 0.2) is 97.1 Å². The molecule has 0 aromatic heterocycles. The van der Waals surface area contributed by atoms with Crippen LogP contribution in [-0.4, -0.2) is 69.6 Å². The molecule has 47 heavy (non-hydrogen) atoms. The van der Waals surface area contributed by atoms with Gasteiger partial charge in [-0.3, -0.25) is 4.79 Å². The number of amides is 1. The Balaban J connectivity index is 1.11. The van der Waals surface area contributed by atoms with Gasteiger partial charge in [0, 0.05) is 25.9 Å². The van der Waals surface area contributed by atoms with Gasteiger partial charge < -0.3 is 33.3 Å². The summed E-state index contributed by atoms with van der Waals surface area (Å²) in [6, 6.07) is 30.5. The van der Waals surface area contributed by atoms with E-state index in [1.54, 1.807) is 17.0 Å². The first-order valence-corrected chi connectivity index (χ1v) is 15.3. The van der Waals surface area contributed by atoms with E-state index >= 15 is 0 Å². The van der Waals surface area contributed by atoms with Crippen molar-refractivity contribution < 1.29 is 42.8 Å². The molecule has 1 amide bonds. The Bertz CT molecular complexity index is 1630. The zero-order valence-electron chi connectivity index (χ0n) is 26.4. The van der Waals surface area contributed by atoms with Crippen molar-refractivity contribution in [3.8, 4) is 28.4 Å². The van der Waals surface area contributed by atoms with Gasteiger partial charge >= 0.3 is 12.1 Å². The van der Waals surface area contributed by atoms with Gasteiger partial charge in [-0.25, -0.2) is 9.59 Å². The Kier molecular flexibility index (Phi) is 11.3. The predicted octanol–water partition coefficient (Wildman–Crippen LogP) is 6.56. The van der Waals surface area contributed by atoms with Crippen molar-refractivity contribution in [2.75, 3.05) is 40.5 Å². The number of hydrogen-bond donors (Lipinski definition) is 0. The van der Waals surface area contributed by atoms with Crippen LogP contribution in [0.3, 0.4) is 0 Å². The Hall–Kier alpha value is -5.51. The Labute approximate surface area is 273 Å². The summed E-state index contributed by atoms with van der Waals surface area (Å²) in [5.41, 5.74) is 3.86. The van der Waals surface area contributed by atoms with E-state index in [-0.39, 0.29) is 36.4 Å². The average molecular weight is 640 g/mol. The van der Waals surface area contributed by atoms with Gasteiger partial charge in [-0.1, -0.05) is 54.6 Å². The van der Waals surface area contributed by atoms with Crippen LogP contribution in [0.4, 0.5) is 4.79 Å². The van der Waals surface area contributed by atoms with Gasteiger partial charge in [0.1, 0.15) is 43.2 Å². The first-order valence-electron chi connectivity index (χ1n) is 15.3. The van der Waals surface area contributed by atoms with Gasteiger partial charge in [-0.15, -0.1) is 0 Å². The molecule has 10 heteroatoms. The maximum absolute atomic E-state index is 13.5. The van der Waals surface area contributed by atoms with Crippen molar-refractivity contribution in [2.45, 2.75) is 25.6 Å². The fourth-order valence-corrected chi connectivity index (χ4v) is 5.13. The third-order valence-electron chi connectivity index (χ3n) is 7.69. The highest BCUT2D eigenvalue weighted by atomic mass is 16.7. The SMILES string of the molecule is COC(=O)OC1CCN(C(=O)c2cc(C(=O)OC)ccc2OCCOc2ccc(OCc3ccc(-c4ccccc4)cc3)cc2)CC1. The Morgan fingerprint density at radius 3 is 2.00 bits per heavy atom. The van der Waals surface area contributed by atoms with Crippen molar-refractivity contribution in [2.24, 2.45) is 0 Å². The van der Waals surface area contributed by atoms with Crippen LogP contribution >= 0.6 is 0 Å². The summed E-state index contributed by atoms with van der Waals surface area (Å²) in [6.45, 7) is 1.55. The van der Waals surface area contributed by atoms with E-state index in [0.29, 0.717) is 44.0 Å². The summed E-state index contributed by atoms with van der Waals surface area (Å²) < 4.78 is 32.3. The van der Waals surface area contributed by atoms with Crippen molar-refractivity contribution in [3.05, 3.63) is 114 Å². The monoisotopic (exact) mass is 639 g/mol. The van der Waals surface area contributed by atoms with E-state index in [2.05, 4.69) is 41.1 Å². The average Bonchev–Trinajstić information content (AvgIpc) is 3.13. The molecule has 0 aliphatic carbocycles. The number of carbonyl (C=O) groups is 3. The number of nitrogens with zero attached hydrogens (tertiary/aromatic N) is 1. The van der Waals surface area contributed by atoms with Gasteiger partial charge in [0.25, 0.3) is 5.91 Å². The lowest BCUT2D eigenvalue weighted by Gasteiger charge is -2.31. The number of hydrogen-bond acceptors (Lipinski definition) is 9. The molecule has 1 fully saturated rings.